The van der Waals surface area contributed by atoms with Gasteiger partial charge in [-0.3, -0.25) is 9.88 Å². The Hall–Kier alpha value is -2.90. The van der Waals surface area contributed by atoms with Gasteiger partial charge in [0.1, 0.15) is 0 Å². The molecular weight excluding hydrogens is 400 g/mol. The highest BCUT2D eigenvalue weighted by Crippen LogP contribution is 2.46. The number of ether oxygens (including phenoxy) is 2. The Labute approximate surface area is 175 Å². The number of benzene rings is 2. The van der Waals surface area contributed by atoms with Crippen LogP contribution in [0, 0.1) is 0 Å². The molecule has 3 aromatic rings. The second-order valence-electron chi connectivity index (χ2n) is 8.06. The lowest BCUT2D eigenvalue weighted by Crippen LogP contribution is -2.25. The summed E-state index contributed by atoms with van der Waals surface area (Å²) in [6.07, 6.45) is 3.51. The van der Waals surface area contributed by atoms with Gasteiger partial charge < -0.3 is 9.47 Å². The molecule has 0 aliphatic carbocycles. The number of aromatic nitrogens is 1. The summed E-state index contributed by atoms with van der Waals surface area (Å²) < 4.78 is 37.2. The molecule has 0 unspecified atom stereocenters. The maximum Gasteiger partial charge on any atom is 0.231 e. The van der Waals surface area contributed by atoms with Crippen molar-refractivity contribution in [2.45, 2.75) is 22.6 Å². The van der Waals surface area contributed by atoms with Crippen LogP contribution < -0.4 is 9.47 Å². The van der Waals surface area contributed by atoms with E-state index in [0.29, 0.717) is 18.0 Å². The van der Waals surface area contributed by atoms with E-state index in [2.05, 4.69) is 16.0 Å². The molecule has 4 heterocycles. The normalized spacial score (nSPS) is 23.3. The van der Waals surface area contributed by atoms with Gasteiger partial charge in [0.15, 0.2) is 21.3 Å². The maximum atomic E-state index is 13.2. The molecule has 1 fully saturated rings. The molecular formula is C23H20N2O4S. The van der Waals surface area contributed by atoms with Crippen LogP contribution in [-0.2, 0) is 16.4 Å². The zero-order valence-corrected chi connectivity index (χ0v) is 17.0. The molecule has 2 atom stereocenters. The summed E-state index contributed by atoms with van der Waals surface area (Å²) >= 11 is 0. The fourth-order valence-corrected chi connectivity index (χ4v) is 7.07. The maximum absolute atomic E-state index is 13.2. The first kappa shape index (κ1) is 17.9. The van der Waals surface area contributed by atoms with E-state index in [1.807, 2.05) is 36.4 Å². The molecule has 1 aromatic heterocycles. The van der Waals surface area contributed by atoms with Crippen molar-refractivity contribution in [2.24, 2.45) is 0 Å². The van der Waals surface area contributed by atoms with Gasteiger partial charge in [0.25, 0.3) is 0 Å². The SMILES string of the molecule is O=S1(=O)c2ccc(-c3ccncc3)cc2[C@@H]2CN(Cc3ccc4c(c3)OCO4)C[C@@H]21. The molecule has 0 saturated carbocycles. The van der Waals surface area contributed by atoms with Gasteiger partial charge in [-0.25, -0.2) is 8.42 Å². The van der Waals surface area contributed by atoms with Crippen molar-refractivity contribution < 1.29 is 17.9 Å². The van der Waals surface area contributed by atoms with Crippen molar-refractivity contribution in [3.05, 3.63) is 72.1 Å². The molecule has 0 spiro atoms. The van der Waals surface area contributed by atoms with Crippen LogP contribution in [0.5, 0.6) is 11.5 Å². The average molecular weight is 420 g/mol. The molecule has 3 aliphatic rings. The van der Waals surface area contributed by atoms with Crippen LogP contribution in [-0.4, -0.2) is 43.4 Å². The van der Waals surface area contributed by atoms with E-state index >= 15 is 0 Å². The molecule has 0 radical (unpaired) electrons. The van der Waals surface area contributed by atoms with Crippen LogP contribution in [0.15, 0.2) is 65.8 Å². The molecule has 3 aliphatic heterocycles. The zero-order chi connectivity index (χ0) is 20.3. The van der Waals surface area contributed by atoms with Crippen molar-refractivity contribution in [3.63, 3.8) is 0 Å². The summed E-state index contributed by atoms with van der Waals surface area (Å²) in [7, 11) is -3.32. The Morgan fingerprint density at radius 1 is 0.933 bits per heavy atom. The predicted molar refractivity (Wildman–Crippen MR) is 111 cm³/mol. The fourth-order valence-electron chi connectivity index (χ4n) is 4.88. The second kappa shape index (κ2) is 6.55. The predicted octanol–water partition coefficient (Wildman–Crippen LogP) is 3.23. The number of pyridine rings is 1. The number of hydrogen-bond acceptors (Lipinski definition) is 6. The first-order valence-corrected chi connectivity index (χ1v) is 11.5. The number of rotatable bonds is 3. The summed E-state index contributed by atoms with van der Waals surface area (Å²) in [5, 5.41) is -0.380. The van der Waals surface area contributed by atoms with Gasteiger partial charge in [-0.15, -0.1) is 0 Å². The zero-order valence-electron chi connectivity index (χ0n) is 16.2. The molecule has 6 rings (SSSR count). The van der Waals surface area contributed by atoms with Crippen LogP contribution in [0.25, 0.3) is 11.1 Å². The molecule has 0 amide bonds. The average Bonchev–Trinajstić information content (AvgIpc) is 3.45. The number of likely N-dealkylation sites (tertiary alicyclic amines) is 1. The van der Waals surface area contributed by atoms with E-state index in [1.54, 1.807) is 18.5 Å². The van der Waals surface area contributed by atoms with Crippen molar-refractivity contribution in [2.75, 3.05) is 19.9 Å². The van der Waals surface area contributed by atoms with Gasteiger partial charge in [-0.1, -0.05) is 12.1 Å². The van der Waals surface area contributed by atoms with Crippen molar-refractivity contribution in [1.82, 2.24) is 9.88 Å². The van der Waals surface area contributed by atoms with Crippen LogP contribution in [0.4, 0.5) is 0 Å². The molecule has 152 valence electrons. The van der Waals surface area contributed by atoms with E-state index in [9.17, 15) is 8.42 Å². The van der Waals surface area contributed by atoms with Crippen LogP contribution in [0.1, 0.15) is 17.0 Å². The summed E-state index contributed by atoms with van der Waals surface area (Å²) in [4.78, 5) is 6.80. The van der Waals surface area contributed by atoms with Gasteiger partial charge in [-0.05, 0) is 58.7 Å². The fraction of sp³-hybridized carbons (Fsp3) is 0.261. The lowest BCUT2D eigenvalue weighted by Gasteiger charge is -2.18. The molecule has 2 aromatic carbocycles. The Kier molecular flexibility index (Phi) is 3.91. The Morgan fingerprint density at radius 3 is 2.63 bits per heavy atom. The number of hydrogen-bond donors (Lipinski definition) is 0. The summed E-state index contributed by atoms with van der Waals surface area (Å²) in [5.74, 6) is 1.52. The first-order valence-electron chi connectivity index (χ1n) is 9.99. The summed E-state index contributed by atoms with van der Waals surface area (Å²) in [6.45, 7) is 2.21. The van der Waals surface area contributed by atoms with Gasteiger partial charge in [0, 0.05) is 37.9 Å². The van der Waals surface area contributed by atoms with Gasteiger partial charge in [0.2, 0.25) is 6.79 Å². The third-order valence-corrected chi connectivity index (χ3v) is 8.57. The van der Waals surface area contributed by atoms with E-state index in [1.165, 1.54) is 0 Å². The van der Waals surface area contributed by atoms with E-state index in [0.717, 1.165) is 40.3 Å². The molecule has 6 nitrogen and oxygen atoms in total. The van der Waals surface area contributed by atoms with Crippen molar-refractivity contribution >= 4 is 9.84 Å². The smallest absolute Gasteiger partial charge is 0.231 e. The number of nitrogens with zero attached hydrogens (tertiary/aromatic N) is 2. The van der Waals surface area contributed by atoms with Crippen LogP contribution in [0.3, 0.4) is 0 Å². The second-order valence-corrected chi connectivity index (χ2v) is 10.2. The van der Waals surface area contributed by atoms with Gasteiger partial charge in [-0.2, -0.15) is 0 Å². The Morgan fingerprint density at radius 2 is 1.77 bits per heavy atom. The van der Waals surface area contributed by atoms with Gasteiger partial charge in [0.05, 0.1) is 10.1 Å². The topological polar surface area (TPSA) is 68.7 Å². The molecule has 7 heteroatoms. The first-order chi connectivity index (χ1) is 14.6. The number of sulfone groups is 1. The highest BCUT2D eigenvalue weighted by molar-refractivity contribution is 7.92. The number of fused-ring (bicyclic) bond motifs is 4. The summed E-state index contributed by atoms with van der Waals surface area (Å²) in [6, 6.07) is 15.6. The minimum atomic E-state index is -3.32. The van der Waals surface area contributed by atoms with Gasteiger partial charge >= 0.3 is 0 Å². The highest BCUT2D eigenvalue weighted by atomic mass is 32.2. The molecule has 1 saturated heterocycles. The molecule has 0 bridgehead atoms. The highest BCUT2D eigenvalue weighted by Gasteiger charge is 2.50. The van der Waals surface area contributed by atoms with E-state index in [4.69, 9.17) is 9.47 Å². The van der Waals surface area contributed by atoms with Crippen LogP contribution >= 0.6 is 0 Å². The van der Waals surface area contributed by atoms with Crippen molar-refractivity contribution in [3.8, 4) is 22.6 Å². The molecule has 30 heavy (non-hydrogen) atoms. The lowest BCUT2D eigenvalue weighted by atomic mass is 9.95. The summed E-state index contributed by atoms with van der Waals surface area (Å²) in [5.41, 5.74) is 4.12. The third-order valence-electron chi connectivity index (χ3n) is 6.31. The third kappa shape index (κ3) is 2.73. The lowest BCUT2D eigenvalue weighted by molar-refractivity contribution is 0.174. The van der Waals surface area contributed by atoms with E-state index < -0.39 is 9.84 Å². The Bertz CT molecular complexity index is 1240. The largest absolute Gasteiger partial charge is 0.454 e. The quantitative estimate of drug-likeness (QED) is 0.648. The van der Waals surface area contributed by atoms with Crippen molar-refractivity contribution in [1.29, 1.82) is 0 Å². The standard InChI is InChI=1S/C23H20N2O4S/c26-30(27)22-4-2-17(16-5-7-24-8-6-16)10-18(22)19-12-25(13-23(19)30)11-15-1-3-20-21(9-15)29-14-28-20/h1-10,19,23H,11-14H2/t19-,23-/m0/s1. The van der Waals surface area contributed by atoms with E-state index in [-0.39, 0.29) is 18.0 Å². The minimum Gasteiger partial charge on any atom is -0.454 e. The monoisotopic (exact) mass is 420 g/mol. The molecule has 0 N–H and O–H groups in total. The minimum absolute atomic E-state index is 0.000739. The van der Waals surface area contributed by atoms with Crippen LogP contribution in [0.2, 0.25) is 0 Å². The Balaban J connectivity index is 1.30.